The molecule has 0 bridgehead atoms. The second-order valence-corrected chi connectivity index (χ2v) is 8.55. The number of hydrogen-bond acceptors (Lipinski definition) is 4. The van der Waals surface area contributed by atoms with Gasteiger partial charge in [0, 0.05) is 40.5 Å². The van der Waals surface area contributed by atoms with Crippen molar-refractivity contribution in [1.82, 2.24) is 15.1 Å². The highest BCUT2D eigenvalue weighted by Gasteiger charge is 2.26. The van der Waals surface area contributed by atoms with Gasteiger partial charge in [0.1, 0.15) is 12.0 Å². The third-order valence-electron chi connectivity index (χ3n) is 5.95. The molecule has 0 radical (unpaired) electrons. The van der Waals surface area contributed by atoms with Crippen LogP contribution >= 0.6 is 0 Å². The Morgan fingerprint density at radius 1 is 1.22 bits per heavy atom. The highest BCUT2D eigenvalue weighted by molar-refractivity contribution is 6.04. The number of benzene rings is 2. The first-order valence-corrected chi connectivity index (χ1v) is 11.2. The van der Waals surface area contributed by atoms with Crippen LogP contribution in [0.5, 0.6) is 5.75 Å². The highest BCUT2D eigenvalue weighted by Crippen LogP contribution is 2.45. The van der Waals surface area contributed by atoms with Gasteiger partial charge in [0.2, 0.25) is 0 Å². The van der Waals surface area contributed by atoms with Crippen molar-refractivity contribution in [3.63, 3.8) is 0 Å². The number of dihydropyridines is 1. The molecule has 0 aliphatic carbocycles. The zero-order valence-corrected chi connectivity index (χ0v) is 18.7. The molecule has 2 aromatic carbocycles. The average Bonchev–Trinajstić information content (AvgIpc) is 3.13. The van der Waals surface area contributed by atoms with Crippen molar-refractivity contribution in [3.05, 3.63) is 89.6 Å². The molecule has 0 unspecified atom stereocenters. The summed E-state index contributed by atoms with van der Waals surface area (Å²) in [7, 11) is 0. The summed E-state index contributed by atoms with van der Waals surface area (Å²) in [5, 5.41) is 9.09. The van der Waals surface area contributed by atoms with Gasteiger partial charge in [0.15, 0.2) is 0 Å². The zero-order chi connectivity index (χ0) is 22.2. The summed E-state index contributed by atoms with van der Waals surface area (Å²) in [6.07, 6.45) is 11.8. The van der Waals surface area contributed by atoms with E-state index in [0.29, 0.717) is 0 Å². The molecule has 0 saturated heterocycles. The lowest BCUT2D eigenvalue weighted by Crippen LogP contribution is -2.12. The van der Waals surface area contributed by atoms with Crippen LogP contribution in [0.3, 0.4) is 0 Å². The molecule has 0 fully saturated rings. The maximum absolute atomic E-state index is 6.25. The highest BCUT2D eigenvalue weighted by atomic mass is 16.5. The van der Waals surface area contributed by atoms with Crippen LogP contribution < -0.4 is 15.8 Å². The lowest BCUT2D eigenvalue weighted by molar-refractivity contribution is 0.474. The standard InChI is InChI=1S/C27H28N4O/c1-4-7-21(18-8-5-9-20(28)12-18)27-22-10-6-11-29-24(22)16-32-26-14-25-19(13-23(26)27)15-30-31(25)17(2)3/h5-6,8-17,29H,4,7,28H2,1-3H3/b27-21-. The van der Waals surface area contributed by atoms with Gasteiger partial charge in [-0.3, -0.25) is 4.68 Å². The van der Waals surface area contributed by atoms with Gasteiger partial charge >= 0.3 is 0 Å². The number of nitrogens with one attached hydrogen (secondary N) is 1. The monoisotopic (exact) mass is 424 g/mol. The van der Waals surface area contributed by atoms with Gasteiger partial charge < -0.3 is 15.8 Å². The van der Waals surface area contributed by atoms with Crippen molar-refractivity contribution in [2.24, 2.45) is 0 Å². The smallest absolute Gasteiger partial charge is 0.136 e. The van der Waals surface area contributed by atoms with Crippen LogP contribution in [0.25, 0.3) is 22.0 Å². The van der Waals surface area contributed by atoms with Crippen LogP contribution in [0.4, 0.5) is 5.69 Å². The van der Waals surface area contributed by atoms with Crippen LogP contribution in [0.1, 0.15) is 50.8 Å². The van der Waals surface area contributed by atoms with E-state index in [-0.39, 0.29) is 6.04 Å². The minimum Gasteiger partial charge on any atom is -0.462 e. The maximum atomic E-state index is 6.25. The van der Waals surface area contributed by atoms with Crippen molar-refractivity contribution in [2.45, 2.75) is 39.7 Å². The summed E-state index contributed by atoms with van der Waals surface area (Å²) in [4.78, 5) is 0. The molecule has 2 aliphatic heterocycles. The van der Waals surface area contributed by atoms with Gasteiger partial charge in [-0.2, -0.15) is 5.10 Å². The molecule has 3 N–H and O–H groups in total. The quantitative estimate of drug-likeness (QED) is 0.490. The SMILES string of the molecule is CCC/C(=C1\C2=CC=CNC2=COc2cc3c(cnn3C(C)C)cc21)c1cccc(N)c1. The zero-order valence-electron chi connectivity index (χ0n) is 18.7. The first-order valence-electron chi connectivity index (χ1n) is 11.2. The number of ether oxygens (including phenoxy) is 1. The van der Waals surface area contributed by atoms with Gasteiger partial charge in [-0.05, 0) is 61.3 Å². The summed E-state index contributed by atoms with van der Waals surface area (Å²) in [5.74, 6) is 0.831. The van der Waals surface area contributed by atoms with E-state index in [1.54, 1.807) is 0 Å². The lowest BCUT2D eigenvalue weighted by Gasteiger charge is -2.21. The Hall–Kier alpha value is -3.73. The van der Waals surface area contributed by atoms with E-state index in [9.17, 15) is 0 Å². The second-order valence-electron chi connectivity index (χ2n) is 8.55. The Morgan fingerprint density at radius 3 is 2.88 bits per heavy atom. The number of anilines is 1. The van der Waals surface area contributed by atoms with E-state index in [0.717, 1.165) is 57.6 Å². The van der Waals surface area contributed by atoms with Crippen molar-refractivity contribution >= 4 is 27.7 Å². The van der Waals surface area contributed by atoms with E-state index in [4.69, 9.17) is 10.5 Å². The molecule has 2 aliphatic rings. The molecule has 5 rings (SSSR count). The number of rotatable bonds is 4. The van der Waals surface area contributed by atoms with Crippen molar-refractivity contribution < 1.29 is 4.74 Å². The van der Waals surface area contributed by atoms with Gasteiger partial charge in [0.25, 0.3) is 0 Å². The summed E-state index contributed by atoms with van der Waals surface area (Å²) in [6.45, 7) is 6.49. The Bertz CT molecular complexity index is 1320. The second kappa shape index (κ2) is 8.08. The number of nitrogens with two attached hydrogens (primary N) is 1. The van der Waals surface area contributed by atoms with Crippen LogP contribution in [-0.2, 0) is 0 Å². The summed E-state index contributed by atoms with van der Waals surface area (Å²) in [6, 6.07) is 12.8. The van der Waals surface area contributed by atoms with Gasteiger partial charge in [-0.15, -0.1) is 0 Å². The first kappa shape index (κ1) is 20.2. The molecular weight excluding hydrogens is 396 g/mol. The molecule has 0 spiro atoms. The fourth-order valence-electron chi connectivity index (χ4n) is 4.53. The molecule has 3 aromatic rings. The number of nitrogen functional groups attached to an aromatic ring is 1. The summed E-state index contributed by atoms with van der Waals surface area (Å²) < 4.78 is 8.29. The Labute approximate surface area is 188 Å². The number of fused-ring (bicyclic) bond motifs is 3. The molecule has 32 heavy (non-hydrogen) atoms. The fraction of sp³-hybridized carbons (Fsp3) is 0.222. The maximum Gasteiger partial charge on any atom is 0.136 e. The number of hydrogen-bond donors (Lipinski definition) is 2. The third kappa shape index (κ3) is 3.40. The van der Waals surface area contributed by atoms with Crippen molar-refractivity contribution in [2.75, 3.05) is 5.73 Å². The Morgan fingerprint density at radius 2 is 2.09 bits per heavy atom. The fourth-order valence-corrected chi connectivity index (χ4v) is 4.53. The normalized spacial score (nSPS) is 16.5. The largest absolute Gasteiger partial charge is 0.462 e. The molecule has 5 nitrogen and oxygen atoms in total. The number of nitrogens with zero attached hydrogens (tertiary/aromatic N) is 2. The summed E-state index contributed by atoms with van der Waals surface area (Å²) in [5.41, 5.74) is 14.7. The summed E-state index contributed by atoms with van der Waals surface area (Å²) >= 11 is 0. The third-order valence-corrected chi connectivity index (χ3v) is 5.95. The van der Waals surface area contributed by atoms with Gasteiger partial charge in [0.05, 0.1) is 17.4 Å². The van der Waals surface area contributed by atoms with E-state index in [1.807, 2.05) is 41.5 Å². The predicted molar refractivity (Wildman–Crippen MR) is 132 cm³/mol. The first-order chi connectivity index (χ1) is 15.6. The number of aromatic nitrogens is 2. The Kier molecular flexibility index (Phi) is 5.10. The van der Waals surface area contributed by atoms with E-state index < -0.39 is 0 Å². The lowest BCUT2D eigenvalue weighted by atomic mass is 9.85. The van der Waals surface area contributed by atoms with Gasteiger partial charge in [-0.25, -0.2) is 0 Å². The molecule has 0 amide bonds. The average molecular weight is 425 g/mol. The molecule has 0 atom stereocenters. The molecule has 0 saturated carbocycles. The molecule has 1 aromatic heterocycles. The Balaban J connectivity index is 1.85. The minimum absolute atomic E-state index is 0.267. The molecule has 162 valence electrons. The van der Waals surface area contributed by atoms with Crippen LogP contribution in [0.15, 0.2) is 78.5 Å². The van der Waals surface area contributed by atoms with Crippen LogP contribution in [-0.4, -0.2) is 9.78 Å². The van der Waals surface area contributed by atoms with E-state index in [2.05, 4.69) is 61.5 Å². The predicted octanol–water partition coefficient (Wildman–Crippen LogP) is 6.19. The van der Waals surface area contributed by atoms with Crippen LogP contribution in [0.2, 0.25) is 0 Å². The minimum atomic E-state index is 0.267. The topological polar surface area (TPSA) is 65.1 Å². The van der Waals surface area contributed by atoms with Crippen molar-refractivity contribution in [1.29, 1.82) is 0 Å². The van der Waals surface area contributed by atoms with E-state index >= 15 is 0 Å². The molecule has 5 heteroatoms. The van der Waals surface area contributed by atoms with Crippen molar-refractivity contribution in [3.8, 4) is 5.75 Å². The molecule has 3 heterocycles. The molecular formula is C27H28N4O. The van der Waals surface area contributed by atoms with Crippen LogP contribution in [0, 0.1) is 0 Å². The number of allylic oxidation sites excluding steroid dienone is 4. The van der Waals surface area contributed by atoms with E-state index in [1.165, 1.54) is 11.1 Å². The van der Waals surface area contributed by atoms with Gasteiger partial charge in [-0.1, -0.05) is 31.6 Å².